The molecule has 1 rings (SSSR count). The monoisotopic (exact) mass is 212 g/mol. The fourth-order valence-corrected chi connectivity index (χ4v) is 1.61. The Morgan fingerprint density at radius 1 is 1.47 bits per heavy atom. The van der Waals surface area contributed by atoms with Crippen LogP contribution < -0.4 is 10.6 Å². The third-order valence-electron chi connectivity index (χ3n) is 2.46. The number of amides is 2. The number of hydrogen-bond donors (Lipinski definition) is 3. The van der Waals surface area contributed by atoms with E-state index in [0.717, 1.165) is 12.8 Å². The molecule has 0 bridgehead atoms. The lowest BCUT2D eigenvalue weighted by molar-refractivity contribution is 0.188. The van der Waals surface area contributed by atoms with Crippen molar-refractivity contribution in [2.75, 3.05) is 6.54 Å². The molecule has 0 heterocycles. The van der Waals surface area contributed by atoms with E-state index in [9.17, 15) is 4.79 Å². The van der Waals surface area contributed by atoms with Crippen LogP contribution in [-0.2, 0) is 0 Å². The van der Waals surface area contributed by atoms with Gasteiger partial charge in [-0.25, -0.2) is 4.79 Å². The molecular formula is C11H20N2O2. The van der Waals surface area contributed by atoms with Gasteiger partial charge in [-0.1, -0.05) is 12.0 Å². The molecule has 0 spiro atoms. The highest BCUT2D eigenvalue weighted by Crippen LogP contribution is 2.21. The Morgan fingerprint density at radius 3 is 2.73 bits per heavy atom. The molecule has 2 amide bonds. The molecule has 0 aromatic rings. The molecule has 0 aromatic heterocycles. The van der Waals surface area contributed by atoms with E-state index < -0.39 is 6.10 Å². The molecule has 1 atom stereocenters. The van der Waals surface area contributed by atoms with Crippen molar-refractivity contribution < 1.29 is 9.90 Å². The number of hydrogen-bond acceptors (Lipinski definition) is 2. The minimum atomic E-state index is -0.502. The van der Waals surface area contributed by atoms with Crippen LogP contribution in [0.4, 0.5) is 4.79 Å². The number of urea groups is 1. The summed E-state index contributed by atoms with van der Waals surface area (Å²) in [5.74, 6) is 0. The Balaban J connectivity index is 2.19. The second kappa shape index (κ2) is 6.45. The molecule has 0 aliphatic heterocycles. The van der Waals surface area contributed by atoms with E-state index in [1.54, 1.807) is 13.1 Å². The Morgan fingerprint density at radius 2 is 2.13 bits per heavy atom. The summed E-state index contributed by atoms with van der Waals surface area (Å²) in [5, 5.41) is 14.2. The summed E-state index contributed by atoms with van der Waals surface area (Å²) in [6.07, 6.45) is 7.24. The third kappa shape index (κ3) is 5.42. The van der Waals surface area contributed by atoms with Gasteiger partial charge in [0.25, 0.3) is 0 Å². The van der Waals surface area contributed by atoms with Gasteiger partial charge in [-0.2, -0.15) is 0 Å². The van der Waals surface area contributed by atoms with Crippen LogP contribution in [0.5, 0.6) is 0 Å². The van der Waals surface area contributed by atoms with Gasteiger partial charge in [0, 0.05) is 12.7 Å². The first-order valence-electron chi connectivity index (χ1n) is 5.59. The Kier molecular flexibility index (Phi) is 5.18. The minimum Gasteiger partial charge on any atom is -0.392 e. The SMILES string of the molecule is CC(O)CNC(=O)NC=C1CCCCC1. The van der Waals surface area contributed by atoms with Crippen molar-refractivity contribution in [3.8, 4) is 0 Å². The highest BCUT2D eigenvalue weighted by atomic mass is 16.3. The second-order valence-electron chi connectivity index (χ2n) is 4.07. The molecule has 1 aliphatic rings. The van der Waals surface area contributed by atoms with Crippen molar-refractivity contribution in [2.24, 2.45) is 0 Å². The van der Waals surface area contributed by atoms with E-state index >= 15 is 0 Å². The lowest BCUT2D eigenvalue weighted by Crippen LogP contribution is -2.36. The highest BCUT2D eigenvalue weighted by molar-refractivity contribution is 5.74. The second-order valence-corrected chi connectivity index (χ2v) is 4.07. The summed E-state index contributed by atoms with van der Waals surface area (Å²) in [6.45, 7) is 1.93. The Hall–Kier alpha value is -1.03. The number of rotatable bonds is 3. The fraction of sp³-hybridized carbons (Fsp3) is 0.727. The topological polar surface area (TPSA) is 61.4 Å². The van der Waals surface area contributed by atoms with Crippen LogP contribution in [0.3, 0.4) is 0 Å². The summed E-state index contributed by atoms with van der Waals surface area (Å²) in [4.78, 5) is 11.2. The molecule has 0 saturated heterocycles. The molecule has 3 N–H and O–H groups in total. The molecule has 0 radical (unpaired) electrons. The van der Waals surface area contributed by atoms with Gasteiger partial charge >= 0.3 is 6.03 Å². The molecule has 1 fully saturated rings. The standard InChI is InChI=1S/C11H20N2O2/c1-9(14)7-12-11(15)13-8-10-5-3-2-4-6-10/h8-9,14H,2-7H2,1H3,(H2,12,13,15). The molecule has 1 saturated carbocycles. The first kappa shape index (κ1) is 12.0. The summed E-state index contributed by atoms with van der Waals surface area (Å²) in [6, 6.07) is -0.242. The number of carbonyl (C=O) groups is 1. The van der Waals surface area contributed by atoms with Gasteiger partial charge in [-0.05, 0) is 32.6 Å². The minimum absolute atomic E-state index is 0.242. The molecule has 0 aromatic carbocycles. The first-order chi connectivity index (χ1) is 7.18. The predicted octanol–water partition coefficient (Wildman–Crippen LogP) is 1.51. The van der Waals surface area contributed by atoms with E-state index in [4.69, 9.17) is 5.11 Å². The molecule has 1 unspecified atom stereocenters. The maximum absolute atomic E-state index is 11.2. The van der Waals surface area contributed by atoms with Gasteiger partial charge in [-0.15, -0.1) is 0 Å². The smallest absolute Gasteiger partial charge is 0.318 e. The van der Waals surface area contributed by atoms with Crippen molar-refractivity contribution in [1.82, 2.24) is 10.6 Å². The van der Waals surface area contributed by atoms with Crippen molar-refractivity contribution in [3.63, 3.8) is 0 Å². The number of aliphatic hydroxyl groups is 1. The first-order valence-corrected chi connectivity index (χ1v) is 5.59. The van der Waals surface area contributed by atoms with Crippen LogP contribution in [0.15, 0.2) is 11.8 Å². The number of carbonyl (C=O) groups excluding carboxylic acids is 1. The van der Waals surface area contributed by atoms with Crippen molar-refractivity contribution in [1.29, 1.82) is 0 Å². The third-order valence-corrected chi connectivity index (χ3v) is 2.46. The lowest BCUT2D eigenvalue weighted by atomic mass is 9.96. The van der Waals surface area contributed by atoms with Crippen molar-refractivity contribution >= 4 is 6.03 Å². The van der Waals surface area contributed by atoms with Gasteiger partial charge in [0.05, 0.1) is 6.10 Å². The summed E-state index contributed by atoms with van der Waals surface area (Å²) >= 11 is 0. The molecular weight excluding hydrogens is 192 g/mol. The van der Waals surface area contributed by atoms with E-state index in [1.165, 1.54) is 24.8 Å². The van der Waals surface area contributed by atoms with Crippen LogP contribution >= 0.6 is 0 Å². The van der Waals surface area contributed by atoms with E-state index in [0.29, 0.717) is 0 Å². The van der Waals surface area contributed by atoms with Crippen LogP contribution in [0.1, 0.15) is 39.0 Å². The van der Waals surface area contributed by atoms with Gasteiger partial charge in [-0.3, -0.25) is 0 Å². The van der Waals surface area contributed by atoms with Gasteiger partial charge in [0.2, 0.25) is 0 Å². The zero-order chi connectivity index (χ0) is 11.1. The quantitative estimate of drug-likeness (QED) is 0.664. The maximum atomic E-state index is 11.2. The zero-order valence-electron chi connectivity index (χ0n) is 9.25. The predicted molar refractivity (Wildman–Crippen MR) is 59.4 cm³/mol. The molecule has 15 heavy (non-hydrogen) atoms. The van der Waals surface area contributed by atoms with Crippen LogP contribution in [-0.4, -0.2) is 23.8 Å². The number of nitrogens with one attached hydrogen (secondary N) is 2. The van der Waals surface area contributed by atoms with E-state index in [1.807, 2.05) is 0 Å². The normalized spacial score (nSPS) is 18.1. The summed E-state index contributed by atoms with van der Waals surface area (Å²) in [5.41, 5.74) is 1.31. The number of allylic oxidation sites excluding steroid dienone is 1. The van der Waals surface area contributed by atoms with Crippen LogP contribution in [0.2, 0.25) is 0 Å². The largest absolute Gasteiger partial charge is 0.392 e. The molecule has 4 heteroatoms. The Bertz CT molecular complexity index is 229. The molecule has 4 nitrogen and oxygen atoms in total. The number of aliphatic hydroxyl groups excluding tert-OH is 1. The maximum Gasteiger partial charge on any atom is 0.318 e. The van der Waals surface area contributed by atoms with Gasteiger partial charge in [0.15, 0.2) is 0 Å². The van der Waals surface area contributed by atoms with Crippen molar-refractivity contribution in [3.05, 3.63) is 11.8 Å². The fourth-order valence-electron chi connectivity index (χ4n) is 1.61. The lowest BCUT2D eigenvalue weighted by Gasteiger charge is -2.13. The summed E-state index contributed by atoms with van der Waals surface area (Å²) < 4.78 is 0. The average molecular weight is 212 g/mol. The highest BCUT2D eigenvalue weighted by Gasteiger charge is 2.05. The Labute approximate surface area is 90.7 Å². The van der Waals surface area contributed by atoms with Gasteiger partial charge in [0.1, 0.15) is 0 Å². The molecule has 1 aliphatic carbocycles. The van der Waals surface area contributed by atoms with Crippen molar-refractivity contribution in [2.45, 2.75) is 45.1 Å². The van der Waals surface area contributed by atoms with E-state index in [2.05, 4.69) is 10.6 Å². The summed E-state index contributed by atoms with van der Waals surface area (Å²) in [7, 11) is 0. The zero-order valence-corrected chi connectivity index (χ0v) is 9.25. The van der Waals surface area contributed by atoms with Crippen LogP contribution in [0, 0.1) is 0 Å². The average Bonchev–Trinajstić information content (AvgIpc) is 2.25. The molecule has 86 valence electrons. The van der Waals surface area contributed by atoms with E-state index in [-0.39, 0.29) is 12.6 Å². The van der Waals surface area contributed by atoms with Crippen LogP contribution in [0.25, 0.3) is 0 Å². The van der Waals surface area contributed by atoms with Gasteiger partial charge < -0.3 is 15.7 Å².